The number of nitrogens with one attached hydrogen (secondary N) is 3. The van der Waals surface area contributed by atoms with Crippen molar-refractivity contribution >= 4 is 46.8 Å². The molecule has 0 radical (unpaired) electrons. The van der Waals surface area contributed by atoms with Crippen LogP contribution in [0.25, 0.3) is 0 Å². The summed E-state index contributed by atoms with van der Waals surface area (Å²) in [6.07, 6.45) is 2.49. The van der Waals surface area contributed by atoms with Crippen LogP contribution in [0.5, 0.6) is 0 Å². The Bertz CT molecular complexity index is 1980. The van der Waals surface area contributed by atoms with E-state index in [1.54, 1.807) is 23.1 Å². The third kappa shape index (κ3) is 8.71. The average molecular weight is 753 g/mol. The van der Waals surface area contributed by atoms with Crippen LogP contribution in [0.3, 0.4) is 0 Å². The molecular weight excluding hydrogens is 708 g/mol. The van der Waals surface area contributed by atoms with Gasteiger partial charge in [-0.2, -0.15) is 0 Å². The molecule has 5 amide bonds. The van der Waals surface area contributed by atoms with Crippen molar-refractivity contribution in [2.45, 2.75) is 63.3 Å². The van der Waals surface area contributed by atoms with Crippen LogP contribution < -0.4 is 16.0 Å². The van der Waals surface area contributed by atoms with E-state index in [0.717, 1.165) is 24.4 Å². The van der Waals surface area contributed by atoms with Crippen LogP contribution in [0, 0.1) is 0 Å². The molecule has 4 aliphatic heterocycles. The minimum atomic E-state index is -1.04. The summed E-state index contributed by atoms with van der Waals surface area (Å²) >= 11 is 0. The van der Waals surface area contributed by atoms with Crippen molar-refractivity contribution in [3.8, 4) is 0 Å². The third-order valence-corrected chi connectivity index (χ3v) is 10.4. The second-order valence-electron chi connectivity index (χ2n) is 14.3. The second-order valence-corrected chi connectivity index (χ2v) is 14.3. The summed E-state index contributed by atoms with van der Waals surface area (Å²) in [5, 5.41) is 19.2. The third-order valence-electron chi connectivity index (χ3n) is 10.4. The van der Waals surface area contributed by atoms with Gasteiger partial charge in [0.2, 0.25) is 17.7 Å². The number of nitrogens with zero attached hydrogens (tertiary/aromatic N) is 5. The van der Waals surface area contributed by atoms with E-state index < -0.39 is 35.8 Å². The monoisotopic (exact) mass is 752 g/mol. The molecule has 1 unspecified atom stereocenters. The Kier molecular flexibility index (Phi) is 11.5. The fourth-order valence-corrected chi connectivity index (χ4v) is 7.44. The molecule has 0 bridgehead atoms. The highest BCUT2D eigenvalue weighted by Crippen LogP contribution is 2.32. The molecule has 55 heavy (non-hydrogen) atoms. The number of hydrogen-bond donors (Lipinski definition) is 4. The van der Waals surface area contributed by atoms with Gasteiger partial charge in [0, 0.05) is 63.9 Å². The van der Waals surface area contributed by atoms with Gasteiger partial charge in [-0.05, 0) is 42.5 Å². The second kappa shape index (κ2) is 16.8. The molecule has 16 nitrogen and oxygen atoms in total. The molecule has 4 N–H and O–H groups in total. The molecule has 0 saturated carbocycles. The van der Waals surface area contributed by atoms with Crippen molar-refractivity contribution in [3.63, 3.8) is 0 Å². The van der Waals surface area contributed by atoms with Gasteiger partial charge in [0.25, 0.3) is 11.8 Å². The Morgan fingerprint density at radius 1 is 0.964 bits per heavy atom. The molecule has 0 spiro atoms. The number of fused-ring (bicyclic) bond motifs is 2. The number of likely N-dealkylation sites (tertiary alicyclic amines) is 1. The van der Waals surface area contributed by atoms with Gasteiger partial charge in [0.05, 0.1) is 42.9 Å². The van der Waals surface area contributed by atoms with Gasteiger partial charge in [-0.25, -0.2) is 9.97 Å². The highest BCUT2D eigenvalue weighted by atomic mass is 16.5. The first kappa shape index (κ1) is 37.7. The van der Waals surface area contributed by atoms with Gasteiger partial charge in [-0.15, -0.1) is 0 Å². The fourth-order valence-electron chi connectivity index (χ4n) is 7.44. The van der Waals surface area contributed by atoms with Crippen LogP contribution in [-0.4, -0.2) is 129 Å². The number of ether oxygens (including phenoxy) is 1. The number of rotatable bonds is 16. The predicted octanol–water partition coefficient (Wildman–Crippen LogP) is 1.40. The molecule has 2 fully saturated rings. The Balaban J connectivity index is 0.778. The maximum absolute atomic E-state index is 13.2. The summed E-state index contributed by atoms with van der Waals surface area (Å²) in [6.45, 7) is 3.87. The highest BCUT2D eigenvalue weighted by molar-refractivity contribution is 6.25. The van der Waals surface area contributed by atoms with Crippen LogP contribution in [0.1, 0.15) is 74.4 Å². The topological polar surface area (TPSA) is 203 Å². The molecule has 1 aromatic heterocycles. The van der Waals surface area contributed by atoms with Crippen molar-refractivity contribution in [1.82, 2.24) is 30.0 Å². The van der Waals surface area contributed by atoms with E-state index in [0.29, 0.717) is 44.1 Å². The Morgan fingerprint density at radius 2 is 1.78 bits per heavy atom. The maximum atomic E-state index is 13.2. The Labute approximate surface area is 317 Å². The molecule has 4 aliphatic rings. The summed E-state index contributed by atoms with van der Waals surface area (Å²) < 4.78 is 5.66. The number of aliphatic hydroxyl groups is 1. The van der Waals surface area contributed by atoms with Crippen LogP contribution in [0.2, 0.25) is 0 Å². The van der Waals surface area contributed by atoms with Crippen LogP contribution in [0.4, 0.5) is 11.5 Å². The lowest BCUT2D eigenvalue weighted by atomic mass is 9.99. The normalized spacial score (nSPS) is 19.0. The largest absolute Gasteiger partial charge is 0.392 e. The molecule has 288 valence electrons. The quantitative estimate of drug-likeness (QED) is 0.0930. The Morgan fingerprint density at radius 3 is 2.60 bits per heavy atom. The van der Waals surface area contributed by atoms with E-state index in [4.69, 9.17) is 4.74 Å². The van der Waals surface area contributed by atoms with Gasteiger partial charge in [-0.3, -0.25) is 43.9 Å². The van der Waals surface area contributed by atoms with Crippen LogP contribution in [0.15, 0.2) is 54.9 Å². The van der Waals surface area contributed by atoms with Crippen LogP contribution >= 0.6 is 0 Å². The summed E-state index contributed by atoms with van der Waals surface area (Å²) in [7, 11) is 0. The number of aliphatic hydroxyl groups excluding tert-OH is 1. The van der Waals surface area contributed by atoms with Crippen molar-refractivity contribution in [1.29, 1.82) is 0 Å². The van der Waals surface area contributed by atoms with Gasteiger partial charge in [0.1, 0.15) is 23.9 Å². The zero-order valence-electron chi connectivity index (χ0n) is 30.4. The first-order chi connectivity index (χ1) is 26.6. The smallest absolute Gasteiger partial charge is 0.264 e. The van der Waals surface area contributed by atoms with Crippen molar-refractivity contribution < 1.29 is 38.6 Å². The number of β-amino-alcohol motifs (C(OH)–C–C–N with tert-alkyl or cyclic N) is 1. The SMILES string of the molecule is O=C1CCC(N2C(=O)c3cccc(NCCOCCC(=O)N4CC(Nc5cc(C(=O)CC[C@H](O)CN6CCc7ccccc7C6)ncn5)C4)c3C2=O)C(=O)N1. The standard InChI is InChI=1S/C39H44N8O8/c48-27(22-45-15-12-24-4-1-2-5-25(24)19-45)8-10-32(49)30-18-33(42-23-41-30)43-26-20-46(21-26)35(51)13-16-55-17-14-40-29-7-3-6-28-36(29)39(54)47(38(28)53)31-9-11-34(50)44-37(31)52/h1-7,18,23,26-27,31,40,48H,8-17,19-22H2,(H,41,42,43)(H,44,50,52)/t27-,31?/m0/s1. The number of hydrogen-bond acceptors (Lipinski definition) is 13. The van der Waals surface area contributed by atoms with Crippen molar-refractivity contribution in [3.05, 3.63) is 82.8 Å². The molecule has 2 atom stereocenters. The van der Waals surface area contributed by atoms with Gasteiger partial charge in [0.15, 0.2) is 5.78 Å². The zero-order chi connectivity index (χ0) is 38.5. The van der Waals surface area contributed by atoms with E-state index in [2.05, 4.69) is 43.0 Å². The predicted molar refractivity (Wildman–Crippen MR) is 198 cm³/mol. The minimum Gasteiger partial charge on any atom is -0.392 e. The van der Waals surface area contributed by atoms with E-state index in [9.17, 15) is 33.9 Å². The molecule has 3 aromatic rings. The Hall–Kier alpha value is -5.58. The number of ketones is 1. The summed E-state index contributed by atoms with van der Waals surface area (Å²) in [5.74, 6) is -2.00. The molecular formula is C39H44N8O8. The average Bonchev–Trinajstić information content (AvgIpc) is 3.42. The maximum Gasteiger partial charge on any atom is 0.264 e. The summed E-state index contributed by atoms with van der Waals surface area (Å²) in [5.41, 5.74) is 3.70. The van der Waals surface area contributed by atoms with Crippen molar-refractivity contribution in [2.75, 3.05) is 56.6 Å². The highest BCUT2D eigenvalue weighted by Gasteiger charge is 2.45. The number of piperidine rings is 1. The van der Waals surface area contributed by atoms with Gasteiger partial charge < -0.3 is 25.4 Å². The van der Waals surface area contributed by atoms with Crippen LogP contribution in [-0.2, 0) is 32.1 Å². The zero-order valence-corrected chi connectivity index (χ0v) is 30.4. The number of carbonyl (C=O) groups is 6. The fraction of sp³-hybridized carbons (Fsp3) is 0.436. The van der Waals surface area contributed by atoms with E-state index in [1.165, 1.54) is 23.5 Å². The summed E-state index contributed by atoms with van der Waals surface area (Å²) in [6, 6.07) is 13.7. The lowest BCUT2D eigenvalue weighted by Gasteiger charge is -2.39. The molecule has 5 heterocycles. The molecule has 2 aromatic carbocycles. The number of amides is 5. The number of carbonyl (C=O) groups excluding carboxylic acids is 6. The number of benzene rings is 2. The van der Waals surface area contributed by atoms with Crippen molar-refractivity contribution in [2.24, 2.45) is 0 Å². The van der Waals surface area contributed by atoms with Gasteiger partial charge in [-0.1, -0.05) is 30.3 Å². The molecule has 7 rings (SSSR count). The van der Waals surface area contributed by atoms with E-state index >= 15 is 0 Å². The summed E-state index contributed by atoms with van der Waals surface area (Å²) in [4.78, 5) is 89.0. The first-order valence-corrected chi connectivity index (χ1v) is 18.7. The van der Waals surface area contributed by atoms with E-state index in [1.807, 2.05) is 12.1 Å². The first-order valence-electron chi connectivity index (χ1n) is 18.7. The number of aromatic nitrogens is 2. The lowest BCUT2D eigenvalue weighted by molar-refractivity contribution is -0.137. The lowest BCUT2D eigenvalue weighted by Crippen LogP contribution is -2.57. The van der Waals surface area contributed by atoms with E-state index in [-0.39, 0.29) is 73.5 Å². The minimum absolute atomic E-state index is 0.0310. The number of Topliss-reactive ketones (excluding diaryl/α,β-unsaturated/α-hetero) is 1. The molecule has 0 aliphatic carbocycles. The molecule has 16 heteroatoms. The van der Waals surface area contributed by atoms with Gasteiger partial charge >= 0.3 is 0 Å². The molecule has 2 saturated heterocycles. The number of imide groups is 2. The number of anilines is 2.